The van der Waals surface area contributed by atoms with Gasteiger partial charge in [-0.15, -0.1) is 10.2 Å². The van der Waals surface area contributed by atoms with Crippen LogP contribution in [0.4, 0.5) is 11.4 Å². The van der Waals surface area contributed by atoms with E-state index in [2.05, 4.69) is 15.5 Å². The predicted molar refractivity (Wildman–Crippen MR) is 125 cm³/mol. The number of aryl methyl sites for hydroxylation is 2. The Morgan fingerprint density at radius 2 is 1.94 bits per heavy atom. The molecule has 0 aliphatic rings. The first-order valence-electron chi connectivity index (χ1n) is 10.2. The monoisotopic (exact) mass is 471 g/mol. The summed E-state index contributed by atoms with van der Waals surface area (Å²) in [5, 5.41) is 22.5. The number of nitro groups is 1. The fraction of sp³-hybridized carbons (Fsp3) is 0.318. The molecule has 1 N–H and O–H groups in total. The van der Waals surface area contributed by atoms with Crippen LogP contribution < -0.4 is 14.8 Å². The molecule has 3 aromatic rings. The van der Waals surface area contributed by atoms with E-state index in [9.17, 15) is 14.9 Å². The van der Waals surface area contributed by atoms with Crippen molar-refractivity contribution >= 4 is 29.0 Å². The number of aromatic nitrogens is 3. The number of hydrogen-bond donors (Lipinski definition) is 1. The van der Waals surface area contributed by atoms with Crippen molar-refractivity contribution in [2.24, 2.45) is 7.05 Å². The Kier molecular flexibility index (Phi) is 7.88. The van der Waals surface area contributed by atoms with Gasteiger partial charge in [-0.25, -0.2) is 0 Å². The van der Waals surface area contributed by atoms with Crippen molar-refractivity contribution in [3.63, 3.8) is 0 Å². The van der Waals surface area contributed by atoms with Crippen LogP contribution in [0.25, 0.3) is 0 Å². The summed E-state index contributed by atoms with van der Waals surface area (Å²) in [5.74, 6) is 1.65. The Balaban J connectivity index is 1.59. The van der Waals surface area contributed by atoms with E-state index in [1.54, 1.807) is 24.6 Å². The number of amides is 1. The molecule has 0 saturated heterocycles. The van der Waals surface area contributed by atoms with E-state index in [0.717, 1.165) is 11.1 Å². The molecule has 2 aromatic carbocycles. The van der Waals surface area contributed by atoms with Gasteiger partial charge in [0.1, 0.15) is 6.61 Å². The molecule has 174 valence electrons. The first kappa shape index (κ1) is 24.1. The van der Waals surface area contributed by atoms with Crippen LogP contribution in [0.2, 0.25) is 0 Å². The highest BCUT2D eigenvalue weighted by molar-refractivity contribution is 7.99. The summed E-state index contributed by atoms with van der Waals surface area (Å²) in [5.41, 5.74) is 2.13. The second-order valence-electron chi connectivity index (χ2n) is 7.22. The maximum atomic E-state index is 12.4. The molecule has 10 nitrogen and oxygen atoms in total. The summed E-state index contributed by atoms with van der Waals surface area (Å²) in [4.78, 5) is 22.8. The molecule has 0 aliphatic heterocycles. The van der Waals surface area contributed by atoms with Crippen molar-refractivity contribution in [1.29, 1.82) is 0 Å². The maximum absolute atomic E-state index is 12.4. The lowest BCUT2D eigenvalue weighted by molar-refractivity contribution is -0.384. The van der Waals surface area contributed by atoms with Gasteiger partial charge in [-0.1, -0.05) is 23.9 Å². The Labute approximate surface area is 195 Å². The molecule has 0 aliphatic carbocycles. The van der Waals surface area contributed by atoms with E-state index in [4.69, 9.17) is 9.47 Å². The molecule has 0 spiro atoms. The van der Waals surface area contributed by atoms with Crippen molar-refractivity contribution in [1.82, 2.24) is 14.8 Å². The van der Waals surface area contributed by atoms with Gasteiger partial charge in [0.2, 0.25) is 5.91 Å². The molecule has 0 unspecified atom stereocenters. The van der Waals surface area contributed by atoms with Gasteiger partial charge in [0, 0.05) is 19.2 Å². The second-order valence-corrected chi connectivity index (χ2v) is 8.17. The van der Waals surface area contributed by atoms with Gasteiger partial charge in [0.25, 0.3) is 5.69 Å². The SMILES string of the molecule is CCOc1cc(C)ccc1OCc1nnc(SCC(=O)Nc2cc([N+](=O)[O-])ccc2C)n1C. The van der Waals surface area contributed by atoms with Gasteiger partial charge in [0.05, 0.1) is 23.0 Å². The van der Waals surface area contributed by atoms with Gasteiger partial charge in [-0.2, -0.15) is 0 Å². The van der Waals surface area contributed by atoms with Gasteiger partial charge in [-0.05, 0) is 44.0 Å². The first-order valence-corrected chi connectivity index (χ1v) is 11.2. The molecule has 0 fully saturated rings. The Hall–Kier alpha value is -3.60. The third-order valence-electron chi connectivity index (χ3n) is 4.72. The van der Waals surface area contributed by atoms with Crippen molar-refractivity contribution in [3.8, 4) is 11.5 Å². The van der Waals surface area contributed by atoms with Crippen LogP contribution in [0.1, 0.15) is 23.9 Å². The maximum Gasteiger partial charge on any atom is 0.271 e. The average molecular weight is 472 g/mol. The molecular formula is C22H25N5O5S. The van der Waals surface area contributed by atoms with Gasteiger partial charge in [-0.3, -0.25) is 14.9 Å². The molecule has 3 rings (SSSR count). The zero-order valence-electron chi connectivity index (χ0n) is 18.8. The van der Waals surface area contributed by atoms with Crippen molar-refractivity contribution in [2.75, 3.05) is 17.7 Å². The van der Waals surface area contributed by atoms with E-state index >= 15 is 0 Å². The first-order chi connectivity index (χ1) is 15.8. The smallest absolute Gasteiger partial charge is 0.271 e. The summed E-state index contributed by atoms with van der Waals surface area (Å²) >= 11 is 1.21. The minimum absolute atomic E-state index is 0.0708. The Bertz CT molecular complexity index is 1160. The van der Waals surface area contributed by atoms with E-state index in [1.165, 1.54) is 23.9 Å². The number of anilines is 1. The number of non-ortho nitro benzene ring substituents is 1. The molecule has 0 atom stereocenters. The van der Waals surface area contributed by atoms with Crippen LogP contribution in [-0.2, 0) is 18.4 Å². The molecule has 1 heterocycles. The quantitative estimate of drug-likeness (QED) is 0.267. The third-order valence-corrected chi connectivity index (χ3v) is 5.74. The highest BCUT2D eigenvalue weighted by Crippen LogP contribution is 2.29. The molecule has 0 saturated carbocycles. The second kappa shape index (κ2) is 10.8. The lowest BCUT2D eigenvalue weighted by atomic mass is 10.2. The van der Waals surface area contributed by atoms with Gasteiger partial charge >= 0.3 is 0 Å². The summed E-state index contributed by atoms with van der Waals surface area (Å²) in [6, 6.07) is 10.1. The van der Waals surface area contributed by atoms with Crippen LogP contribution in [0, 0.1) is 24.0 Å². The number of rotatable bonds is 10. The highest BCUT2D eigenvalue weighted by Gasteiger charge is 2.15. The van der Waals surface area contributed by atoms with Crippen LogP contribution >= 0.6 is 11.8 Å². The van der Waals surface area contributed by atoms with Crippen LogP contribution in [0.3, 0.4) is 0 Å². The molecular weight excluding hydrogens is 446 g/mol. The zero-order chi connectivity index (χ0) is 24.0. The van der Waals surface area contributed by atoms with E-state index in [-0.39, 0.29) is 24.0 Å². The van der Waals surface area contributed by atoms with Gasteiger partial charge in [0.15, 0.2) is 22.5 Å². The lowest BCUT2D eigenvalue weighted by Gasteiger charge is -2.12. The minimum atomic E-state index is -0.499. The Morgan fingerprint density at radius 1 is 1.15 bits per heavy atom. The lowest BCUT2D eigenvalue weighted by Crippen LogP contribution is -2.15. The van der Waals surface area contributed by atoms with E-state index < -0.39 is 4.92 Å². The summed E-state index contributed by atoms with van der Waals surface area (Å²) in [6.07, 6.45) is 0. The number of thioether (sulfide) groups is 1. The van der Waals surface area contributed by atoms with E-state index in [0.29, 0.717) is 34.8 Å². The summed E-state index contributed by atoms with van der Waals surface area (Å²) in [7, 11) is 1.79. The third kappa shape index (κ3) is 6.22. The summed E-state index contributed by atoms with van der Waals surface area (Å²) < 4.78 is 13.3. The molecule has 1 aromatic heterocycles. The van der Waals surface area contributed by atoms with Crippen LogP contribution in [-0.4, -0.2) is 38.0 Å². The van der Waals surface area contributed by atoms with Crippen LogP contribution in [0.15, 0.2) is 41.6 Å². The molecule has 1 amide bonds. The number of carbonyl (C=O) groups excluding carboxylic acids is 1. The number of hydrogen-bond acceptors (Lipinski definition) is 8. The number of nitrogens with zero attached hydrogens (tertiary/aromatic N) is 4. The minimum Gasteiger partial charge on any atom is -0.490 e. The largest absolute Gasteiger partial charge is 0.490 e. The molecule has 0 bridgehead atoms. The predicted octanol–water partition coefficient (Wildman–Crippen LogP) is 4.05. The Morgan fingerprint density at radius 3 is 2.67 bits per heavy atom. The summed E-state index contributed by atoms with van der Waals surface area (Å²) in [6.45, 7) is 6.38. The van der Waals surface area contributed by atoms with Gasteiger partial charge < -0.3 is 19.4 Å². The molecule has 0 radical (unpaired) electrons. The zero-order valence-corrected chi connectivity index (χ0v) is 19.6. The number of nitro benzene ring substituents is 1. The fourth-order valence-electron chi connectivity index (χ4n) is 2.92. The van der Waals surface area contributed by atoms with Crippen molar-refractivity contribution in [3.05, 3.63) is 63.5 Å². The number of benzene rings is 2. The average Bonchev–Trinajstić information content (AvgIpc) is 3.12. The number of carbonyl (C=O) groups is 1. The van der Waals surface area contributed by atoms with E-state index in [1.807, 2.05) is 32.0 Å². The normalized spacial score (nSPS) is 10.7. The van der Waals surface area contributed by atoms with Crippen molar-refractivity contribution < 1.29 is 19.2 Å². The molecule has 33 heavy (non-hydrogen) atoms. The topological polar surface area (TPSA) is 121 Å². The fourth-order valence-corrected chi connectivity index (χ4v) is 3.65. The molecule has 11 heteroatoms. The number of nitrogens with one attached hydrogen (secondary N) is 1. The number of ether oxygens (including phenoxy) is 2. The van der Waals surface area contributed by atoms with Crippen molar-refractivity contribution in [2.45, 2.75) is 32.5 Å². The standard InChI is InChI=1S/C22H25N5O5S/c1-5-31-19-10-14(2)6-9-18(19)32-12-20-24-25-22(26(20)4)33-13-21(28)23-17-11-16(27(29)30)8-7-15(17)3/h6-11H,5,12-13H2,1-4H3,(H,23,28). The highest BCUT2D eigenvalue weighted by atomic mass is 32.2. The van der Waals surface area contributed by atoms with Crippen LogP contribution in [0.5, 0.6) is 11.5 Å².